The predicted molar refractivity (Wildman–Crippen MR) is 57.2 cm³/mol. The van der Waals surface area contributed by atoms with Crippen molar-refractivity contribution in [2.24, 2.45) is 0 Å². The quantitative estimate of drug-likeness (QED) is 0.455. The van der Waals surface area contributed by atoms with Crippen LogP contribution in [0.2, 0.25) is 0 Å². The molecule has 0 aliphatic rings. The molecule has 0 aliphatic heterocycles. The van der Waals surface area contributed by atoms with E-state index < -0.39 is 0 Å². The summed E-state index contributed by atoms with van der Waals surface area (Å²) in [5.41, 5.74) is -0.0124. The first-order valence-electron chi connectivity index (χ1n) is 4.90. The number of nitrogens with zero attached hydrogens (tertiary/aromatic N) is 1. The van der Waals surface area contributed by atoms with Gasteiger partial charge in [0.1, 0.15) is 27.0 Å². The SMILES string of the molecule is COCOCN(COCOC)C(C)(C)C. The lowest BCUT2D eigenvalue weighted by atomic mass is 10.1. The molecule has 0 aliphatic carbocycles. The third kappa shape index (κ3) is 7.70. The highest BCUT2D eigenvalue weighted by Crippen LogP contribution is 2.12. The smallest absolute Gasteiger partial charge is 0.148 e. The molecule has 0 saturated carbocycles. The fourth-order valence-corrected chi connectivity index (χ4v) is 0.886. The summed E-state index contributed by atoms with van der Waals surface area (Å²) in [7, 11) is 3.20. The summed E-state index contributed by atoms with van der Waals surface area (Å²) in [4.78, 5) is 2.05. The first-order valence-corrected chi connectivity index (χ1v) is 4.90. The summed E-state index contributed by atoms with van der Waals surface area (Å²) >= 11 is 0. The number of hydrogen-bond donors (Lipinski definition) is 0. The third-order valence-corrected chi connectivity index (χ3v) is 1.85. The summed E-state index contributed by atoms with van der Waals surface area (Å²) in [5.74, 6) is 0. The van der Waals surface area contributed by atoms with Crippen LogP contribution >= 0.6 is 0 Å². The first-order chi connectivity index (χ1) is 7.02. The van der Waals surface area contributed by atoms with E-state index in [9.17, 15) is 0 Å². The number of methoxy groups -OCH3 is 2. The molecule has 0 rings (SSSR count). The lowest BCUT2D eigenvalue weighted by Gasteiger charge is -2.34. The van der Waals surface area contributed by atoms with Gasteiger partial charge in [-0.25, -0.2) is 0 Å². The molecule has 0 aromatic rings. The zero-order chi connectivity index (χ0) is 11.7. The molecule has 0 saturated heterocycles. The predicted octanol–water partition coefficient (Wildman–Crippen LogP) is 1.24. The molecule has 0 unspecified atom stereocenters. The highest BCUT2D eigenvalue weighted by molar-refractivity contribution is 4.71. The van der Waals surface area contributed by atoms with Crippen LogP contribution in [-0.4, -0.2) is 51.7 Å². The van der Waals surface area contributed by atoms with E-state index in [1.54, 1.807) is 14.2 Å². The maximum absolute atomic E-state index is 5.29. The Kier molecular flexibility index (Phi) is 7.90. The molecule has 0 aromatic heterocycles. The van der Waals surface area contributed by atoms with Crippen molar-refractivity contribution in [2.75, 3.05) is 41.3 Å². The fourth-order valence-electron chi connectivity index (χ4n) is 0.886. The minimum Gasteiger partial charge on any atom is -0.359 e. The Morgan fingerprint density at radius 2 is 1.27 bits per heavy atom. The Hall–Kier alpha value is -0.200. The largest absolute Gasteiger partial charge is 0.359 e. The lowest BCUT2D eigenvalue weighted by molar-refractivity contribution is -0.148. The Labute approximate surface area is 92.2 Å². The normalized spacial score (nSPS) is 12.4. The molecule has 0 atom stereocenters. The van der Waals surface area contributed by atoms with Crippen molar-refractivity contribution in [1.82, 2.24) is 4.90 Å². The Balaban J connectivity index is 3.85. The summed E-state index contributed by atoms with van der Waals surface area (Å²) in [6, 6.07) is 0. The summed E-state index contributed by atoms with van der Waals surface area (Å²) in [6.45, 7) is 7.81. The number of hydrogen-bond acceptors (Lipinski definition) is 5. The van der Waals surface area contributed by atoms with Crippen LogP contribution < -0.4 is 0 Å². The van der Waals surface area contributed by atoms with Crippen LogP contribution in [0.3, 0.4) is 0 Å². The summed E-state index contributed by atoms with van der Waals surface area (Å²) in [5, 5.41) is 0. The molecule has 0 amide bonds. The molecule has 0 aromatic carbocycles. The molecule has 0 bridgehead atoms. The Morgan fingerprint density at radius 1 is 0.867 bits per heavy atom. The van der Waals surface area contributed by atoms with Gasteiger partial charge in [0, 0.05) is 19.8 Å². The molecule has 5 nitrogen and oxygen atoms in total. The van der Waals surface area contributed by atoms with Crippen molar-refractivity contribution in [3.05, 3.63) is 0 Å². The van der Waals surface area contributed by atoms with Crippen molar-refractivity contribution in [1.29, 1.82) is 0 Å². The van der Waals surface area contributed by atoms with Crippen LogP contribution in [0.1, 0.15) is 20.8 Å². The molecule has 5 heteroatoms. The van der Waals surface area contributed by atoms with Crippen LogP contribution in [-0.2, 0) is 18.9 Å². The van der Waals surface area contributed by atoms with Gasteiger partial charge in [0.2, 0.25) is 0 Å². The van der Waals surface area contributed by atoms with Crippen LogP contribution in [0.5, 0.6) is 0 Å². The minimum atomic E-state index is -0.0124. The monoisotopic (exact) mass is 221 g/mol. The van der Waals surface area contributed by atoms with Gasteiger partial charge in [-0.1, -0.05) is 0 Å². The van der Waals surface area contributed by atoms with Crippen molar-refractivity contribution in [2.45, 2.75) is 26.3 Å². The third-order valence-electron chi connectivity index (χ3n) is 1.85. The van der Waals surface area contributed by atoms with E-state index in [1.807, 2.05) is 4.90 Å². The summed E-state index contributed by atoms with van der Waals surface area (Å²) in [6.07, 6.45) is 0. The van der Waals surface area contributed by atoms with Gasteiger partial charge in [0.05, 0.1) is 0 Å². The minimum absolute atomic E-state index is 0.0124. The first kappa shape index (κ1) is 14.8. The van der Waals surface area contributed by atoms with Crippen LogP contribution in [0.4, 0.5) is 0 Å². The standard InChI is InChI=1S/C10H23NO4/c1-10(2,3)11(6-14-8-12-4)7-15-9-13-5/h6-9H2,1-5H3. The van der Waals surface area contributed by atoms with E-state index in [4.69, 9.17) is 18.9 Å². The van der Waals surface area contributed by atoms with E-state index in [1.165, 1.54) is 0 Å². The van der Waals surface area contributed by atoms with Gasteiger partial charge in [-0.15, -0.1) is 0 Å². The Morgan fingerprint density at radius 3 is 1.53 bits per heavy atom. The topological polar surface area (TPSA) is 40.2 Å². The molecule has 0 N–H and O–H groups in total. The molecular weight excluding hydrogens is 198 g/mol. The zero-order valence-corrected chi connectivity index (χ0v) is 10.4. The van der Waals surface area contributed by atoms with Gasteiger partial charge in [-0.05, 0) is 20.8 Å². The summed E-state index contributed by atoms with van der Waals surface area (Å²) < 4.78 is 20.2. The molecule has 0 radical (unpaired) electrons. The van der Waals surface area contributed by atoms with E-state index in [0.717, 1.165) is 0 Å². The van der Waals surface area contributed by atoms with Crippen molar-refractivity contribution in [3.8, 4) is 0 Å². The molecule has 0 fully saturated rings. The van der Waals surface area contributed by atoms with Gasteiger partial charge >= 0.3 is 0 Å². The van der Waals surface area contributed by atoms with Crippen molar-refractivity contribution >= 4 is 0 Å². The Bertz CT molecular complexity index is 137. The lowest BCUT2D eigenvalue weighted by Crippen LogP contribution is -2.44. The van der Waals surface area contributed by atoms with Gasteiger partial charge in [0.25, 0.3) is 0 Å². The molecule has 0 heterocycles. The maximum Gasteiger partial charge on any atom is 0.148 e. The molecule has 92 valence electrons. The van der Waals surface area contributed by atoms with Gasteiger partial charge in [-0.2, -0.15) is 0 Å². The number of ether oxygens (including phenoxy) is 4. The van der Waals surface area contributed by atoms with Crippen molar-refractivity contribution in [3.63, 3.8) is 0 Å². The fraction of sp³-hybridized carbons (Fsp3) is 1.00. The van der Waals surface area contributed by atoms with E-state index >= 15 is 0 Å². The highest BCUT2D eigenvalue weighted by Gasteiger charge is 2.21. The molecular formula is C10H23NO4. The molecule has 0 spiro atoms. The van der Waals surface area contributed by atoms with Crippen LogP contribution in [0.25, 0.3) is 0 Å². The number of rotatable bonds is 8. The second kappa shape index (κ2) is 8.01. The van der Waals surface area contributed by atoms with Gasteiger partial charge < -0.3 is 18.9 Å². The van der Waals surface area contributed by atoms with Crippen LogP contribution in [0.15, 0.2) is 0 Å². The van der Waals surface area contributed by atoms with Crippen LogP contribution in [0, 0.1) is 0 Å². The average molecular weight is 221 g/mol. The van der Waals surface area contributed by atoms with E-state index in [2.05, 4.69) is 20.8 Å². The highest BCUT2D eigenvalue weighted by atomic mass is 16.7. The molecule has 15 heavy (non-hydrogen) atoms. The average Bonchev–Trinajstić information content (AvgIpc) is 2.14. The van der Waals surface area contributed by atoms with Gasteiger partial charge in [0.15, 0.2) is 0 Å². The second-order valence-corrected chi connectivity index (χ2v) is 4.19. The van der Waals surface area contributed by atoms with E-state index in [0.29, 0.717) is 13.5 Å². The van der Waals surface area contributed by atoms with E-state index in [-0.39, 0.29) is 19.1 Å². The van der Waals surface area contributed by atoms with Crippen molar-refractivity contribution < 1.29 is 18.9 Å². The zero-order valence-electron chi connectivity index (χ0n) is 10.4. The second-order valence-electron chi connectivity index (χ2n) is 4.19. The maximum atomic E-state index is 5.29. The van der Waals surface area contributed by atoms with Gasteiger partial charge in [-0.3, -0.25) is 4.90 Å².